The van der Waals surface area contributed by atoms with E-state index in [2.05, 4.69) is 5.32 Å². The first-order valence-corrected chi connectivity index (χ1v) is 5.77. The van der Waals surface area contributed by atoms with Gasteiger partial charge in [0.1, 0.15) is 6.10 Å². The van der Waals surface area contributed by atoms with Crippen LogP contribution >= 0.6 is 11.3 Å². The van der Waals surface area contributed by atoms with Crippen LogP contribution in [-0.4, -0.2) is 35.3 Å². The maximum atomic E-state index is 11.9. The summed E-state index contributed by atoms with van der Waals surface area (Å²) in [6.07, 6.45) is -4.47. The third-order valence-electron chi connectivity index (χ3n) is 1.99. The molecule has 0 radical (unpaired) electrons. The lowest BCUT2D eigenvalue weighted by atomic mass is 10.3. The molecule has 0 aliphatic rings. The Morgan fingerprint density at radius 1 is 1.41 bits per heavy atom. The van der Waals surface area contributed by atoms with Gasteiger partial charge in [0.25, 0.3) is 6.43 Å². The molecule has 0 aromatic carbocycles. The van der Waals surface area contributed by atoms with Gasteiger partial charge in [0.15, 0.2) is 0 Å². The Kier molecular flexibility index (Phi) is 5.46. The molecule has 7 heteroatoms. The maximum Gasteiger partial charge on any atom is 0.308 e. The molecule has 0 bridgehead atoms. The van der Waals surface area contributed by atoms with Gasteiger partial charge in [0, 0.05) is 22.8 Å². The highest BCUT2D eigenvalue weighted by molar-refractivity contribution is 7.12. The van der Waals surface area contributed by atoms with Crippen molar-refractivity contribution in [2.24, 2.45) is 0 Å². The summed E-state index contributed by atoms with van der Waals surface area (Å²) in [7, 11) is 0. The number of carboxylic acids is 1. The van der Waals surface area contributed by atoms with E-state index in [9.17, 15) is 13.6 Å². The van der Waals surface area contributed by atoms with Crippen molar-refractivity contribution in [3.63, 3.8) is 0 Å². The summed E-state index contributed by atoms with van der Waals surface area (Å²) in [6.45, 7) is 0.151. The van der Waals surface area contributed by atoms with Crippen LogP contribution in [0.2, 0.25) is 0 Å². The number of aliphatic carboxylic acids is 1. The summed E-state index contributed by atoms with van der Waals surface area (Å²) >= 11 is 1.31. The van der Waals surface area contributed by atoms with Crippen molar-refractivity contribution in [2.45, 2.75) is 25.5 Å². The lowest BCUT2D eigenvalue weighted by Crippen LogP contribution is -2.31. The van der Waals surface area contributed by atoms with Crippen LogP contribution in [0.1, 0.15) is 9.75 Å². The molecule has 17 heavy (non-hydrogen) atoms. The zero-order valence-corrected chi connectivity index (χ0v) is 9.71. The monoisotopic (exact) mass is 265 g/mol. The minimum absolute atomic E-state index is 0.0374. The van der Waals surface area contributed by atoms with E-state index >= 15 is 0 Å². The topological polar surface area (TPSA) is 69.6 Å². The number of nitrogens with one attached hydrogen (secondary N) is 1. The molecule has 1 unspecified atom stereocenters. The van der Waals surface area contributed by atoms with Gasteiger partial charge in [-0.2, -0.15) is 0 Å². The van der Waals surface area contributed by atoms with Gasteiger partial charge in [0.2, 0.25) is 0 Å². The first kappa shape index (κ1) is 14.0. The lowest BCUT2D eigenvalue weighted by molar-refractivity contribution is -0.136. The van der Waals surface area contributed by atoms with Gasteiger partial charge in [-0.05, 0) is 12.1 Å². The van der Waals surface area contributed by atoms with Crippen LogP contribution in [0.5, 0.6) is 0 Å². The van der Waals surface area contributed by atoms with Crippen LogP contribution in [0.15, 0.2) is 12.1 Å². The molecule has 4 nitrogen and oxygen atoms in total. The van der Waals surface area contributed by atoms with Crippen molar-refractivity contribution in [2.75, 3.05) is 6.54 Å². The molecule has 1 atom stereocenters. The number of thiophene rings is 1. The number of halogens is 2. The Morgan fingerprint density at radius 3 is 2.65 bits per heavy atom. The Bertz CT molecular complexity index is 370. The zero-order chi connectivity index (χ0) is 12.8. The van der Waals surface area contributed by atoms with Gasteiger partial charge in [-0.15, -0.1) is 11.3 Å². The Hall–Kier alpha value is -1.05. The van der Waals surface area contributed by atoms with E-state index in [0.717, 1.165) is 4.88 Å². The summed E-state index contributed by atoms with van der Waals surface area (Å²) in [6, 6.07) is 3.43. The standard InChI is InChI=1S/C10H13F2NO3S/c11-10(12)8(14)5-13-4-7-2-1-6(17-7)3-9(15)16/h1-2,8,10,13-14H,3-5H2,(H,15,16). The molecule has 1 heterocycles. The number of aliphatic hydroxyl groups excluding tert-OH is 1. The van der Waals surface area contributed by atoms with Crippen LogP contribution < -0.4 is 5.32 Å². The molecular weight excluding hydrogens is 252 g/mol. The summed E-state index contributed by atoms with van der Waals surface area (Å²) in [4.78, 5) is 12.0. The number of alkyl halides is 2. The fraction of sp³-hybridized carbons (Fsp3) is 0.500. The van der Waals surface area contributed by atoms with E-state index in [1.807, 2.05) is 0 Å². The van der Waals surface area contributed by atoms with Crippen LogP contribution in [0, 0.1) is 0 Å². The minimum Gasteiger partial charge on any atom is -0.481 e. The van der Waals surface area contributed by atoms with E-state index in [1.54, 1.807) is 12.1 Å². The highest BCUT2D eigenvalue weighted by atomic mass is 32.1. The molecule has 0 aliphatic heterocycles. The minimum atomic E-state index is -2.76. The first-order valence-electron chi connectivity index (χ1n) is 4.95. The third kappa shape index (κ3) is 5.20. The van der Waals surface area contributed by atoms with Crippen molar-refractivity contribution in [1.82, 2.24) is 5.32 Å². The molecule has 3 N–H and O–H groups in total. The maximum absolute atomic E-state index is 11.9. The lowest BCUT2D eigenvalue weighted by Gasteiger charge is -2.09. The zero-order valence-electron chi connectivity index (χ0n) is 8.90. The molecule has 1 aromatic rings. The fourth-order valence-electron chi connectivity index (χ4n) is 1.19. The quantitative estimate of drug-likeness (QED) is 0.690. The average molecular weight is 265 g/mol. The molecular formula is C10H13F2NO3S. The number of rotatable bonds is 7. The Morgan fingerprint density at radius 2 is 2.06 bits per heavy atom. The van der Waals surface area contributed by atoms with E-state index < -0.39 is 18.5 Å². The molecule has 1 rings (SSSR count). The van der Waals surface area contributed by atoms with E-state index in [0.29, 0.717) is 11.4 Å². The predicted octanol–water partition coefficient (Wildman–Crippen LogP) is 1.09. The summed E-state index contributed by atoms with van der Waals surface area (Å²) < 4.78 is 23.9. The molecule has 0 fully saturated rings. The van der Waals surface area contributed by atoms with Gasteiger partial charge in [0.05, 0.1) is 6.42 Å². The summed E-state index contributed by atoms with van der Waals surface area (Å²) in [5.41, 5.74) is 0. The highest BCUT2D eigenvalue weighted by Gasteiger charge is 2.15. The van der Waals surface area contributed by atoms with E-state index in [4.69, 9.17) is 10.2 Å². The van der Waals surface area contributed by atoms with Crippen LogP contribution in [-0.2, 0) is 17.8 Å². The second kappa shape index (κ2) is 6.63. The second-order valence-corrected chi connectivity index (χ2v) is 4.72. The van der Waals surface area contributed by atoms with Gasteiger partial charge in [-0.3, -0.25) is 4.79 Å². The number of carbonyl (C=O) groups is 1. The van der Waals surface area contributed by atoms with Gasteiger partial charge >= 0.3 is 5.97 Å². The van der Waals surface area contributed by atoms with Crippen molar-refractivity contribution in [3.8, 4) is 0 Å². The van der Waals surface area contributed by atoms with Crippen molar-refractivity contribution in [1.29, 1.82) is 0 Å². The summed E-state index contributed by atoms with van der Waals surface area (Å²) in [5, 5.41) is 20.1. The largest absolute Gasteiger partial charge is 0.481 e. The van der Waals surface area contributed by atoms with E-state index in [-0.39, 0.29) is 13.0 Å². The third-order valence-corrected chi connectivity index (χ3v) is 3.07. The number of hydrogen-bond acceptors (Lipinski definition) is 4. The Labute approximate surface area is 101 Å². The number of aliphatic hydroxyl groups is 1. The van der Waals surface area contributed by atoms with Crippen molar-refractivity contribution >= 4 is 17.3 Å². The molecule has 0 aliphatic carbocycles. The SMILES string of the molecule is O=C(O)Cc1ccc(CNCC(O)C(F)F)s1. The number of carboxylic acid groups (broad SMARTS) is 1. The normalized spacial score (nSPS) is 12.9. The Balaban J connectivity index is 2.32. The summed E-state index contributed by atoms with van der Waals surface area (Å²) in [5.74, 6) is -0.903. The van der Waals surface area contributed by atoms with Crippen LogP contribution in [0.25, 0.3) is 0 Å². The van der Waals surface area contributed by atoms with Gasteiger partial charge in [-0.25, -0.2) is 8.78 Å². The molecule has 0 saturated heterocycles. The molecule has 0 amide bonds. The van der Waals surface area contributed by atoms with Crippen molar-refractivity contribution in [3.05, 3.63) is 21.9 Å². The number of hydrogen-bond donors (Lipinski definition) is 3. The van der Waals surface area contributed by atoms with Crippen LogP contribution in [0.3, 0.4) is 0 Å². The van der Waals surface area contributed by atoms with Crippen LogP contribution in [0.4, 0.5) is 8.78 Å². The van der Waals surface area contributed by atoms with Crippen molar-refractivity contribution < 1.29 is 23.8 Å². The molecule has 0 spiro atoms. The van der Waals surface area contributed by atoms with Gasteiger partial charge in [-0.1, -0.05) is 0 Å². The first-order chi connectivity index (χ1) is 7.99. The molecule has 0 saturated carbocycles. The highest BCUT2D eigenvalue weighted by Crippen LogP contribution is 2.16. The van der Waals surface area contributed by atoms with E-state index in [1.165, 1.54) is 11.3 Å². The fourth-order valence-corrected chi connectivity index (χ4v) is 2.17. The smallest absolute Gasteiger partial charge is 0.308 e. The predicted molar refractivity (Wildman–Crippen MR) is 59.4 cm³/mol. The average Bonchev–Trinajstić information content (AvgIpc) is 2.64. The molecule has 1 aromatic heterocycles. The van der Waals surface area contributed by atoms with Gasteiger partial charge < -0.3 is 15.5 Å². The molecule has 96 valence electrons. The second-order valence-electron chi connectivity index (χ2n) is 3.47.